The molecule has 0 unspecified atom stereocenters. The highest BCUT2D eigenvalue weighted by Gasteiger charge is 2.29. The van der Waals surface area contributed by atoms with Crippen molar-refractivity contribution >= 4 is 35.2 Å². The minimum absolute atomic E-state index is 0.135. The highest BCUT2D eigenvalue weighted by molar-refractivity contribution is 6.39. The lowest BCUT2D eigenvalue weighted by molar-refractivity contribution is -0.130. The first-order valence-corrected chi connectivity index (χ1v) is 17.6. The van der Waals surface area contributed by atoms with Crippen LogP contribution in [-0.2, 0) is 29.2 Å². The number of nitrogens with zero attached hydrogens (tertiary/aromatic N) is 5. The van der Waals surface area contributed by atoms with Crippen molar-refractivity contribution in [3.8, 4) is 39.5 Å². The molecule has 0 saturated carbocycles. The molecule has 2 aliphatic heterocycles. The number of hydrogen-bond donors (Lipinski definition) is 0. The van der Waals surface area contributed by atoms with Crippen LogP contribution in [0.5, 0.6) is 5.88 Å². The second-order valence-electron chi connectivity index (χ2n) is 14.0. The third-order valence-corrected chi connectivity index (χ3v) is 10.2. The van der Waals surface area contributed by atoms with Gasteiger partial charge in [0.15, 0.2) is 0 Å². The first kappa shape index (κ1) is 35.6. The van der Waals surface area contributed by atoms with E-state index < -0.39 is 5.60 Å². The summed E-state index contributed by atoms with van der Waals surface area (Å²) in [5.74, 6) is 0.679. The highest BCUT2D eigenvalue weighted by atomic mass is 35.5. The van der Waals surface area contributed by atoms with E-state index in [1.54, 1.807) is 25.1 Å². The Bertz CT molecular complexity index is 1920. The standard InChI is InChI=1S/C39H43Cl2N5O4/c1-24(47)45-18-15-29(16-19-45)44(5)21-27-12-13-33(43-37(27)49-6)32-9-7-8-30(34(32)40)31-14-17-42-36(35(31)41)25-10-11-26-22-46(23-28(26)20-25)38(48)50-39(2,3)4/h7-14,17,20,29H,15-16,18-19,21-23H2,1-6H3. The quantitative estimate of drug-likeness (QED) is 0.190. The average Bonchev–Trinajstić information content (AvgIpc) is 3.52. The number of piperidine rings is 1. The van der Waals surface area contributed by atoms with Crippen molar-refractivity contribution in [3.05, 3.63) is 87.5 Å². The van der Waals surface area contributed by atoms with Gasteiger partial charge in [-0.1, -0.05) is 59.6 Å². The molecule has 9 nitrogen and oxygen atoms in total. The summed E-state index contributed by atoms with van der Waals surface area (Å²) in [5, 5.41) is 0.997. The Morgan fingerprint density at radius 3 is 2.32 bits per heavy atom. The number of aromatic nitrogens is 2. The Labute approximate surface area is 304 Å². The van der Waals surface area contributed by atoms with Crippen molar-refractivity contribution in [1.29, 1.82) is 0 Å². The summed E-state index contributed by atoms with van der Waals surface area (Å²) in [6, 6.07) is 18.1. The van der Waals surface area contributed by atoms with Crippen LogP contribution in [0.3, 0.4) is 0 Å². The normalized spacial score (nSPS) is 15.0. The van der Waals surface area contributed by atoms with Crippen LogP contribution in [0.2, 0.25) is 10.0 Å². The molecule has 4 aromatic rings. The number of carbonyl (C=O) groups is 2. The summed E-state index contributed by atoms with van der Waals surface area (Å²) in [6.45, 7) is 10.4. The maximum Gasteiger partial charge on any atom is 0.410 e. The fourth-order valence-electron chi connectivity index (χ4n) is 6.72. The van der Waals surface area contributed by atoms with Gasteiger partial charge in [-0.2, -0.15) is 0 Å². The molecular weight excluding hydrogens is 673 g/mol. The van der Waals surface area contributed by atoms with Crippen molar-refractivity contribution < 1.29 is 19.1 Å². The van der Waals surface area contributed by atoms with E-state index in [1.165, 1.54) is 0 Å². The van der Waals surface area contributed by atoms with Crippen LogP contribution < -0.4 is 4.74 Å². The Morgan fingerprint density at radius 1 is 0.920 bits per heavy atom. The largest absolute Gasteiger partial charge is 0.481 e. The number of amides is 2. The van der Waals surface area contributed by atoms with E-state index in [0.717, 1.165) is 64.9 Å². The van der Waals surface area contributed by atoms with Crippen molar-refractivity contribution in [3.63, 3.8) is 0 Å². The van der Waals surface area contributed by atoms with Gasteiger partial charge in [0.05, 0.1) is 28.5 Å². The lowest BCUT2D eigenvalue weighted by Crippen LogP contribution is -2.44. The van der Waals surface area contributed by atoms with E-state index in [4.69, 9.17) is 37.7 Å². The number of pyridine rings is 2. The van der Waals surface area contributed by atoms with E-state index >= 15 is 0 Å². The molecule has 1 saturated heterocycles. The van der Waals surface area contributed by atoms with Gasteiger partial charge >= 0.3 is 6.09 Å². The van der Waals surface area contributed by atoms with Crippen LogP contribution in [-0.4, -0.2) is 75.6 Å². The molecule has 0 N–H and O–H groups in total. The smallest absolute Gasteiger partial charge is 0.410 e. The van der Waals surface area contributed by atoms with Crippen LogP contribution >= 0.6 is 23.2 Å². The first-order valence-electron chi connectivity index (χ1n) is 16.9. The molecule has 4 heterocycles. The molecule has 0 aliphatic carbocycles. The van der Waals surface area contributed by atoms with Crippen LogP contribution in [0.1, 0.15) is 57.2 Å². The number of fused-ring (bicyclic) bond motifs is 1. The third kappa shape index (κ3) is 7.60. The minimum atomic E-state index is -0.563. The number of likely N-dealkylation sites (tertiary alicyclic amines) is 1. The number of benzene rings is 2. The monoisotopic (exact) mass is 715 g/mol. The van der Waals surface area contributed by atoms with Gasteiger partial charge in [0.25, 0.3) is 0 Å². The molecule has 2 aromatic carbocycles. The Hall–Kier alpha value is -4.18. The lowest BCUT2D eigenvalue weighted by atomic mass is 9.98. The number of hydrogen-bond acceptors (Lipinski definition) is 7. The molecule has 2 aromatic heterocycles. The van der Waals surface area contributed by atoms with E-state index in [-0.39, 0.29) is 12.0 Å². The second kappa shape index (κ2) is 14.6. The molecule has 6 rings (SSSR count). The molecule has 0 atom stereocenters. The van der Waals surface area contributed by atoms with E-state index in [1.807, 2.05) is 80.3 Å². The van der Waals surface area contributed by atoms with E-state index in [0.29, 0.717) is 53.0 Å². The Morgan fingerprint density at radius 2 is 1.62 bits per heavy atom. The molecule has 0 spiro atoms. The van der Waals surface area contributed by atoms with Crippen LogP contribution in [0.4, 0.5) is 4.79 Å². The predicted molar refractivity (Wildman–Crippen MR) is 197 cm³/mol. The summed E-state index contributed by atoms with van der Waals surface area (Å²) in [6.07, 6.45) is 3.27. The SMILES string of the molecule is COc1nc(-c2cccc(-c3ccnc(-c4ccc5c(c4)CN(C(=O)OC(C)(C)C)C5)c3Cl)c2Cl)ccc1CN(C)C1CCN(C(C)=O)CC1. The van der Waals surface area contributed by atoms with Gasteiger partial charge in [0, 0.05) is 79.7 Å². The van der Waals surface area contributed by atoms with Crippen molar-refractivity contribution in [2.24, 2.45) is 0 Å². The third-order valence-electron chi connectivity index (χ3n) is 9.39. The maximum atomic E-state index is 12.7. The summed E-state index contributed by atoms with van der Waals surface area (Å²) >= 11 is 14.2. The zero-order valence-corrected chi connectivity index (χ0v) is 30.9. The van der Waals surface area contributed by atoms with Crippen molar-refractivity contribution in [2.75, 3.05) is 27.2 Å². The second-order valence-corrected chi connectivity index (χ2v) is 14.8. The fourth-order valence-corrected chi connectivity index (χ4v) is 7.37. The summed E-state index contributed by atoms with van der Waals surface area (Å²) in [4.78, 5) is 39.9. The van der Waals surface area contributed by atoms with Gasteiger partial charge in [-0.05, 0) is 70.0 Å². The van der Waals surface area contributed by atoms with Gasteiger partial charge in [0.1, 0.15) is 5.60 Å². The minimum Gasteiger partial charge on any atom is -0.481 e. The molecule has 1 fully saturated rings. The molecule has 2 aliphatic rings. The molecule has 0 radical (unpaired) electrons. The Kier molecular flexibility index (Phi) is 10.4. The van der Waals surface area contributed by atoms with Gasteiger partial charge in [-0.3, -0.25) is 19.6 Å². The molecular formula is C39H43Cl2N5O4. The van der Waals surface area contributed by atoms with E-state index in [2.05, 4.69) is 16.9 Å². The highest BCUT2D eigenvalue weighted by Crippen LogP contribution is 2.42. The number of carbonyl (C=O) groups excluding carboxylic acids is 2. The van der Waals surface area contributed by atoms with Gasteiger partial charge in [0.2, 0.25) is 11.8 Å². The summed E-state index contributed by atoms with van der Waals surface area (Å²) in [5.41, 5.74) is 6.95. The number of rotatable bonds is 7. The van der Waals surface area contributed by atoms with E-state index in [9.17, 15) is 9.59 Å². The molecule has 0 bridgehead atoms. The first-order chi connectivity index (χ1) is 23.8. The lowest BCUT2D eigenvalue weighted by Gasteiger charge is -2.36. The zero-order chi connectivity index (χ0) is 35.7. The Balaban J connectivity index is 1.23. The maximum absolute atomic E-state index is 12.7. The summed E-state index contributed by atoms with van der Waals surface area (Å²) < 4.78 is 11.4. The fraction of sp³-hybridized carbons (Fsp3) is 0.385. The molecule has 2 amide bonds. The number of ether oxygens (including phenoxy) is 2. The topological polar surface area (TPSA) is 88.1 Å². The number of methoxy groups -OCH3 is 1. The zero-order valence-electron chi connectivity index (χ0n) is 29.4. The van der Waals surface area contributed by atoms with Crippen LogP contribution in [0, 0.1) is 0 Å². The average molecular weight is 717 g/mol. The predicted octanol–water partition coefficient (Wildman–Crippen LogP) is 8.49. The molecule has 262 valence electrons. The van der Waals surface area contributed by atoms with Gasteiger partial charge < -0.3 is 14.4 Å². The summed E-state index contributed by atoms with van der Waals surface area (Å²) in [7, 11) is 3.74. The van der Waals surface area contributed by atoms with Crippen LogP contribution in [0.25, 0.3) is 33.6 Å². The van der Waals surface area contributed by atoms with Gasteiger partial charge in [-0.25, -0.2) is 9.78 Å². The van der Waals surface area contributed by atoms with Crippen molar-refractivity contribution in [1.82, 2.24) is 24.7 Å². The molecule has 50 heavy (non-hydrogen) atoms. The van der Waals surface area contributed by atoms with Crippen molar-refractivity contribution in [2.45, 2.75) is 71.8 Å². The van der Waals surface area contributed by atoms with Gasteiger partial charge in [-0.15, -0.1) is 0 Å². The molecule has 11 heteroatoms. The van der Waals surface area contributed by atoms with Crippen LogP contribution in [0.15, 0.2) is 60.8 Å². The number of halogens is 2.